The third-order valence-corrected chi connectivity index (χ3v) is 4.52. The average Bonchev–Trinajstić information content (AvgIpc) is 3.18. The number of aryl methyl sites for hydroxylation is 1. The van der Waals surface area contributed by atoms with Crippen LogP contribution in [0.4, 0.5) is 0 Å². The van der Waals surface area contributed by atoms with Crippen molar-refractivity contribution >= 4 is 15.9 Å². The molecule has 2 aromatic rings. The Labute approximate surface area is 128 Å². The molecule has 0 aliphatic heterocycles. The van der Waals surface area contributed by atoms with E-state index in [1.807, 2.05) is 17.9 Å². The first-order valence-electron chi connectivity index (χ1n) is 7.18. The van der Waals surface area contributed by atoms with Gasteiger partial charge in [0, 0.05) is 36.2 Å². The van der Waals surface area contributed by atoms with Crippen LogP contribution in [-0.4, -0.2) is 22.4 Å². The van der Waals surface area contributed by atoms with Crippen LogP contribution in [0.5, 0.6) is 0 Å². The van der Waals surface area contributed by atoms with E-state index >= 15 is 0 Å². The van der Waals surface area contributed by atoms with Gasteiger partial charge in [-0.1, -0.05) is 34.1 Å². The predicted octanol–water partition coefficient (Wildman–Crippen LogP) is 3.26. The van der Waals surface area contributed by atoms with Crippen LogP contribution in [0.3, 0.4) is 0 Å². The monoisotopic (exact) mass is 333 g/mol. The van der Waals surface area contributed by atoms with E-state index in [2.05, 4.69) is 56.7 Å². The van der Waals surface area contributed by atoms with E-state index in [9.17, 15) is 0 Å². The topological polar surface area (TPSA) is 29.9 Å². The largest absolute Gasteiger partial charge is 0.313 e. The highest BCUT2D eigenvalue weighted by Gasteiger charge is 2.23. The maximum absolute atomic E-state index is 4.52. The van der Waals surface area contributed by atoms with Gasteiger partial charge >= 0.3 is 0 Å². The minimum Gasteiger partial charge on any atom is -0.313 e. The van der Waals surface area contributed by atoms with E-state index < -0.39 is 0 Å². The molecule has 1 N–H and O–H groups in total. The summed E-state index contributed by atoms with van der Waals surface area (Å²) in [6.07, 6.45) is 5.64. The standard InChI is InChI=1S/C16H20BrN3/c1-20-9-8-14(19-20)10-12(11-18-13-6-7-13)15-4-2-3-5-16(15)17/h2-5,8-9,12-13,18H,6-7,10-11H2,1H3. The quantitative estimate of drug-likeness (QED) is 0.879. The van der Waals surface area contributed by atoms with Gasteiger partial charge in [0.1, 0.15) is 0 Å². The lowest BCUT2D eigenvalue weighted by atomic mass is 9.94. The van der Waals surface area contributed by atoms with Crippen LogP contribution in [0.25, 0.3) is 0 Å². The molecule has 0 spiro atoms. The summed E-state index contributed by atoms with van der Waals surface area (Å²) in [7, 11) is 1.97. The van der Waals surface area contributed by atoms with Gasteiger partial charge in [-0.05, 0) is 37.0 Å². The number of nitrogens with one attached hydrogen (secondary N) is 1. The van der Waals surface area contributed by atoms with Crippen LogP contribution < -0.4 is 5.32 Å². The first-order chi connectivity index (χ1) is 9.72. The number of hydrogen-bond acceptors (Lipinski definition) is 2. The molecule has 1 fully saturated rings. The van der Waals surface area contributed by atoms with Crippen molar-refractivity contribution in [2.24, 2.45) is 7.05 Å². The summed E-state index contributed by atoms with van der Waals surface area (Å²) in [5, 5.41) is 8.18. The van der Waals surface area contributed by atoms with E-state index in [0.717, 1.165) is 24.7 Å². The number of hydrogen-bond donors (Lipinski definition) is 1. The molecule has 3 rings (SSSR count). The Morgan fingerprint density at radius 3 is 2.80 bits per heavy atom. The van der Waals surface area contributed by atoms with E-state index in [1.54, 1.807) is 0 Å². The molecule has 1 heterocycles. The van der Waals surface area contributed by atoms with Crippen molar-refractivity contribution in [3.8, 4) is 0 Å². The zero-order chi connectivity index (χ0) is 13.9. The molecule has 1 aliphatic carbocycles. The number of benzene rings is 1. The molecule has 0 saturated heterocycles. The van der Waals surface area contributed by atoms with Crippen LogP contribution in [0.2, 0.25) is 0 Å². The number of rotatable bonds is 6. The molecule has 1 atom stereocenters. The van der Waals surface area contributed by atoms with Gasteiger partial charge in [-0.3, -0.25) is 4.68 Å². The van der Waals surface area contributed by atoms with Crippen LogP contribution in [-0.2, 0) is 13.5 Å². The van der Waals surface area contributed by atoms with Gasteiger partial charge < -0.3 is 5.32 Å². The highest BCUT2D eigenvalue weighted by molar-refractivity contribution is 9.10. The molecule has 1 aromatic carbocycles. The minimum absolute atomic E-state index is 0.459. The van der Waals surface area contributed by atoms with Gasteiger partial charge in [0.2, 0.25) is 0 Å². The molecule has 1 aromatic heterocycles. The number of aromatic nitrogens is 2. The normalized spacial score (nSPS) is 16.3. The Morgan fingerprint density at radius 1 is 1.35 bits per heavy atom. The summed E-state index contributed by atoms with van der Waals surface area (Å²) in [5.41, 5.74) is 2.53. The van der Waals surface area contributed by atoms with Gasteiger partial charge in [-0.15, -0.1) is 0 Å². The van der Waals surface area contributed by atoms with E-state index in [0.29, 0.717) is 5.92 Å². The summed E-state index contributed by atoms with van der Waals surface area (Å²) in [6.45, 7) is 1.02. The zero-order valence-corrected chi connectivity index (χ0v) is 13.3. The number of nitrogens with zero attached hydrogens (tertiary/aromatic N) is 2. The second-order valence-electron chi connectivity index (χ2n) is 5.59. The molecular formula is C16H20BrN3. The smallest absolute Gasteiger partial charge is 0.0631 e. The Balaban J connectivity index is 1.77. The van der Waals surface area contributed by atoms with Crippen molar-refractivity contribution < 1.29 is 0 Å². The van der Waals surface area contributed by atoms with Gasteiger partial charge in [-0.2, -0.15) is 5.10 Å². The first-order valence-corrected chi connectivity index (χ1v) is 7.98. The van der Waals surface area contributed by atoms with Crippen LogP contribution in [0.15, 0.2) is 41.0 Å². The zero-order valence-electron chi connectivity index (χ0n) is 11.7. The van der Waals surface area contributed by atoms with Gasteiger partial charge in [0.15, 0.2) is 0 Å². The molecule has 0 radical (unpaired) electrons. The van der Waals surface area contributed by atoms with E-state index in [1.165, 1.54) is 22.9 Å². The van der Waals surface area contributed by atoms with E-state index in [4.69, 9.17) is 0 Å². The SMILES string of the molecule is Cn1ccc(CC(CNC2CC2)c2ccccc2Br)n1. The van der Waals surface area contributed by atoms with Crippen LogP contribution in [0.1, 0.15) is 30.0 Å². The third kappa shape index (κ3) is 3.49. The Bertz CT molecular complexity index is 575. The van der Waals surface area contributed by atoms with Gasteiger partial charge in [0.25, 0.3) is 0 Å². The lowest BCUT2D eigenvalue weighted by Crippen LogP contribution is -2.25. The molecule has 1 aliphatic rings. The summed E-state index contributed by atoms with van der Waals surface area (Å²) in [4.78, 5) is 0. The second kappa shape index (κ2) is 6.10. The first kappa shape index (κ1) is 13.8. The average molecular weight is 334 g/mol. The molecular weight excluding hydrogens is 314 g/mol. The molecule has 0 amide bonds. The molecule has 106 valence electrons. The summed E-state index contributed by atoms with van der Waals surface area (Å²) < 4.78 is 3.07. The molecule has 3 nitrogen and oxygen atoms in total. The third-order valence-electron chi connectivity index (χ3n) is 3.80. The lowest BCUT2D eigenvalue weighted by Gasteiger charge is -2.18. The van der Waals surface area contributed by atoms with Crippen molar-refractivity contribution in [1.29, 1.82) is 0 Å². The van der Waals surface area contributed by atoms with Crippen molar-refractivity contribution in [2.75, 3.05) is 6.54 Å². The van der Waals surface area contributed by atoms with Crippen molar-refractivity contribution in [3.05, 3.63) is 52.3 Å². The molecule has 1 unspecified atom stereocenters. The van der Waals surface area contributed by atoms with Crippen LogP contribution >= 0.6 is 15.9 Å². The summed E-state index contributed by atoms with van der Waals surface area (Å²) >= 11 is 3.68. The maximum atomic E-state index is 4.52. The fourth-order valence-corrected chi connectivity index (χ4v) is 3.13. The highest BCUT2D eigenvalue weighted by Crippen LogP contribution is 2.28. The minimum atomic E-state index is 0.459. The Kier molecular flexibility index (Phi) is 4.22. The molecule has 4 heteroatoms. The molecule has 0 bridgehead atoms. The lowest BCUT2D eigenvalue weighted by molar-refractivity contribution is 0.566. The summed E-state index contributed by atoms with van der Waals surface area (Å²) in [6, 6.07) is 11.4. The number of halogens is 1. The van der Waals surface area contributed by atoms with Gasteiger partial charge in [0.05, 0.1) is 5.69 Å². The Morgan fingerprint density at radius 2 is 2.15 bits per heavy atom. The Hall–Kier alpha value is -1.13. The second-order valence-corrected chi connectivity index (χ2v) is 6.44. The van der Waals surface area contributed by atoms with Crippen LogP contribution in [0, 0.1) is 0 Å². The van der Waals surface area contributed by atoms with Crippen molar-refractivity contribution in [1.82, 2.24) is 15.1 Å². The highest BCUT2D eigenvalue weighted by atomic mass is 79.9. The maximum Gasteiger partial charge on any atom is 0.0631 e. The molecule has 1 saturated carbocycles. The fourth-order valence-electron chi connectivity index (χ4n) is 2.52. The molecule has 20 heavy (non-hydrogen) atoms. The van der Waals surface area contributed by atoms with Crippen molar-refractivity contribution in [3.63, 3.8) is 0 Å². The summed E-state index contributed by atoms with van der Waals surface area (Å²) in [5.74, 6) is 0.459. The van der Waals surface area contributed by atoms with Gasteiger partial charge in [-0.25, -0.2) is 0 Å². The fraction of sp³-hybridized carbons (Fsp3) is 0.438. The van der Waals surface area contributed by atoms with E-state index in [-0.39, 0.29) is 0 Å². The van der Waals surface area contributed by atoms with Crippen molar-refractivity contribution in [2.45, 2.75) is 31.2 Å². The predicted molar refractivity (Wildman–Crippen MR) is 84.8 cm³/mol.